The van der Waals surface area contributed by atoms with Crippen LogP contribution in [0.1, 0.15) is 32.6 Å². The van der Waals surface area contributed by atoms with Crippen molar-refractivity contribution >= 4 is 10.0 Å². The summed E-state index contributed by atoms with van der Waals surface area (Å²) in [5.41, 5.74) is 0. The lowest BCUT2D eigenvalue weighted by Gasteiger charge is -2.26. The Bertz CT molecular complexity index is 300. The quantitative estimate of drug-likeness (QED) is 0.568. The molecule has 1 saturated heterocycles. The maximum absolute atomic E-state index is 10.8. The van der Waals surface area contributed by atoms with E-state index in [1.165, 1.54) is 25.5 Å². The molecule has 17 heavy (non-hydrogen) atoms. The van der Waals surface area contributed by atoms with Gasteiger partial charge in [-0.2, -0.15) is 0 Å². The van der Waals surface area contributed by atoms with Crippen molar-refractivity contribution in [3.05, 3.63) is 0 Å². The maximum atomic E-state index is 10.8. The molecule has 0 aromatic carbocycles. The molecule has 0 amide bonds. The second-order valence-electron chi connectivity index (χ2n) is 4.90. The molecule has 0 spiro atoms. The minimum Gasteiger partial charge on any atom is -0.314 e. The van der Waals surface area contributed by atoms with Crippen LogP contribution in [0.3, 0.4) is 0 Å². The van der Waals surface area contributed by atoms with E-state index in [-0.39, 0.29) is 0 Å². The first-order valence-corrected chi connectivity index (χ1v) is 8.28. The van der Waals surface area contributed by atoms with Crippen molar-refractivity contribution in [3.63, 3.8) is 0 Å². The highest BCUT2D eigenvalue weighted by molar-refractivity contribution is 7.88. The van der Waals surface area contributed by atoms with Gasteiger partial charge in [0.2, 0.25) is 10.0 Å². The van der Waals surface area contributed by atoms with Crippen LogP contribution in [0.4, 0.5) is 0 Å². The molecule has 0 saturated carbocycles. The standard InChI is InChI=1S/C11H25N3O2S/c1-10(9-11-5-3-4-6-13-11)12-7-8-14-17(2,15)16/h10-14H,3-9H2,1-2H3. The van der Waals surface area contributed by atoms with Crippen LogP contribution < -0.4 is 15.4 Å². The highest BCUT2D eigenvalue weighted by Gasteiger charge is 2.15. The van der Waals surface area contributed by atoms with Crippen LogP contribution in [0.5, 0.6) is 0 Å². The van der Waals surface area contributed by atoms with Gasteiger partial charge in [0.1, 0.15) is 0 Å². The molecule has 0 aromatic heterocycles. The summed E-state index contributed by atoms with van der Waals surface area (Å²) in [6.45, 7) is 4.42. The summed E-state index contributed by atoms with van der Waals surface area (Å²) in [7, 11) is -3.05. The molecular formula is C11H25N3O2S. The van der Waals surface area contributed by atoms with Crippen molar-refractivity contribution in [2.24, 2.45) is 0 Å². The number of hydrogen-bond acceptors (Lipinski definition) is 4. The van der Waals surface area contributed by atoms with Gasteiger partial charge in [-0.25, -0.2) is 13.1 Å². The average Bonchev–Trinajstić information content (AvgIpc) is 2.25. The minimum absolute atomic E-state index is 0.423. The van der Waals surface area contributed by atoms with E-state index in [0.717, 1.165) is 13.0 Å². The molecule has 6 heteroatoms. The fraction of sp³-hybridized carbons (Fsp3) is 1.00. The van der Waals surface area contributed by atoms with E-state index >= 15 is 0 Å². The highest BCUT2D eigenvalue weighted by Crippen LogP contribution is 2.11. The lowest BCUT2D eigenvalue weighted by molar-refractivity contribution is 0.346. The first-order chi connectivity index (χ1) is 7.97. The molecule has 1 fully saturated rings. The van der Waals surface area contributed by atoms with Crippen molar-refractivity contribution in [1.82, 2.24) is 15.4 Å². The van der Waals surface area contributed by atoms with E-state index in [4.69, 9.17) is 0 Å². The zero-order chi connectivity index (χ0) is 12.7. The zero-order valence-electron chi connectivity index (χ0n) is 10.8. The Kier molecular flexibility index (Phi) is 6.40. The summed E-state index contributed by atoms with van der Waals surface area (Å²) >= 11 is 0. The largest absolute Gasteiger partial charge is 0.314 e. The molecule has 3 N–H and O–H groups in total. The van der Waals surface area contributed by atoms with Gasteiger partial charge in [-0.05, 0) is 32.7 Å². The fourth-order valence-electron chi connectivity index (χ4n) is 2.19. The third kappa shape index (κ3) is 7.70. The molecule has 5 nitrogen and oxygen atoms in total. The molecule has 1 aliphatic rings. The molecule has 102 valence electrons. The van der Waals surface area contributed by atoms with E-state index in [1.807, 2.05) is 0 Å². The topological polar surface area (TPSA) is 70.2 Å². The Morgan fingerprint density at radius 2 is 2.12 bits per heavy atom. The van der Waals surface area contributed by atoms with Crippen molar-refractivity contribution in [2.75, 3.05) is 25.9 Å². The molecule has 1 heterocycles. The lowest BCUT2D eigenvalue weighted by Crippen LogP contribution is -2.41. The summed E-state index contributed by atoms with van der Waals surface area (Å²) in [5, 5.41) is 6.85. The van der Waals surface area contributed by atoms with Crippen molar-refractivity contribution in [1.29, 1.82) is 0 Å². The van der Waals surface area contributed by atoms with Gasteiger partial charge in [-0.15, -0.1) is 0 Å². The van der Waals surface area contributed by atoms with Gasteiger partial charge in [0.05, 0.1) is 6.26 Å². The number of rotatable bonds is 7. The Morgan fingerprint density at radius 3 is 2.71 bits per heavy atom. The molecule has 0 aromatic rings. The van der Waals surface area contributed by atoms with Crippen LogP contribution in [0.15, 0.2) is 0 Å². The smallest absolute Gasteiger partial charge is 0.208 e. The van der Waals surface area contributed by atoms with Crippen molar-refractivity contribution < 1.29 is 8.42 Å². The zero-order valence-corrected chi connectivity index (χ0v) is 11.6. The van der Waals surface area contributed by atoms with Crippen LogP contribution in [-0.4, -0.2) is 46.4 Å². The number of hydrogen-bond donors (Lipinski definition) is 3. The summed E-state index contributed by atoms with van der Waals surface area (Å²) in [6, 6.07) is 1.04. The van der Waals surface area contributed by atoms with Crippen molar-refractivity contribution in [2.45, 2.75) is 44.7 Å². The summed E-state index contributed by atoms with van der Waals surface area (Å²) < 4.78 is 24.2. The fourth-order valence-corrected chi connectivity index (χ4v) is 2.66. The predicted octanol–water partition coefficient (Wildman–Crippen LogP) is 0.0459. The van der Waals surface area contributed by atoms with Gasteiger partial charge in [0, 0.05) is 25.2 Å². The molecule has 1 rings (SSSR count). The van der Waals surface area contributed by atoms with Crippen LogP contribution in [0.25, 0.3) is 0 Å². The number of nitrogens with one attached hydrogen (secondary N) is 3. The first kappa shape index (κ1) is 14.9. The molecular weight excluding hydrogens is 238 g/mol. The summed E-state index contributed by atoms with van der Waals surface area (Å²) in [4.78, 5) is 0. The van der Waals surface area contributed by atoms with E-state index in [0.29, 0.717) is 25.2 Å². The molecule has 2 atom stereocenters. The monoisotopic (exact) mass is 263 g/mol. The first-order valence-electron chi connectivity index (χ1n) is 6.39. The minimum atomic E-state index is -3.05. The van der Waals surface area contributed by atoms with Gasteiger partial charge in [-0.1, -0.05) is 6.42 Å². The maximum Gasteiger partial charge on any atom is 0.208 e. The van der Waals surface area contributed by atoms with Crippen LogP contribution >= 0.6 is 0 Å². The van der Waals surface area contributed by atoms with Crippen molar-refractivity contribution in [3.8, 4) is 0 Å². The van der Waals surface area contributed by atoms with Gasteiger partial charge >= 0.3 is 0 Å². The Labute approximate surface area is 105 Å². The van der Waals surface area contributed by atoms with E-state index in [2.05, 4.69) is 22.3 Å². The summed E-state index contributed by atoms with van der Waals surface area (Å²) in [6.07, 6.45) is 6.16. The molecule has 0 bridgehead atoms. The molecule has 1 aliphatic heterocycles. The van der Waals surface area contributed by atoms with Crippen LogP contribution in [0.2, 0.25) is 0 Å². The van der Waals surface area contributed by atoms with Gasteiger partial charge < -0.3 is 10.6 Å². The summed E-state index contributed by atoms with van der Waals surface area (Å²) in [5.74, 6) is 0. The van der Waals surface area contributed by atoms with Gasteiger partial charge in [0.15, 0.2) is 0 Å². The predicted molar refractivity (Wildman–Crippen MR) is 70.6 cm³/mol. The van der Waals surface area contributed by atoms with Gasteiger partial charge in [-0.3, -0.25) is 0 Å². The second-order valence-corrected chi connectivity index (χ2v) is 6.74. The number of sulfonamides is 1. The SMILES string of the molecule is CC(CC1CCCCN1)NCCNS(C)(=O)=O. The molecule has 2 unspecified atom stereocenters. The second kappa shape index (κ2) is 7.31. The highest BCUT2D eigenvalue weighted by atomic mass is 32.2. The average molecular weight is 263 g/mol. The third-order valence-corrected chi connectivity index (χ3v) is 3.76. The lowest BCUT2D eigenvalue weighted by atomic mass is 9.99. The van der Waals surface area contributed by atoms with Crippen LogP contribution in [-0.2, 0) is 10.0 Å². The number of piperidine rings is 1. The Hall–Kier alpha value is -0.170. The Balaban J connectivity index is 2.06. The van der Waals surface area contributed by atoms with E-state index < -0.39 is 10.0 Å². The van der Waals surface area contributed by atoms with E-state index in [1.54, 1.807) is 0 Å². The van der Waals surface area contributed by atoms with Crippen LogP contribution in [0, 0.1) is 0 Å². The van der Waals surface area contributed by atoms with Gasteiger partial charge in [0.25, 0.3) is 0 Å². The van der Waals surface area contributed by atoms with E-state index in [9.17, 15) is 8.42 Å². The molecule has 0 radical (unpaired) electrons. The molecule has 0 aliphatic carbocycles. The third-order valence-electron chi connectivity index (χ3n) is 3.03. The normalized spacial score (nSPS) is 23.5. The Morgan fingerprint density at radius 1 is 1.35 bits per heavy atom.